The van der Waals surface area contributed by atoms with Crippen molar-refractivity contribution in [2.75, 3.05) is 13.1 Å². The highest BCUT2D eigenvalue weighted by molar-refractivity contribution is 5.86. The Morgan fingerprint density at radius 3 is 3.25 bits per heavy atom. The summed E-state index contributed by atoms with van der Waals surface area (Å²) < 4.78 is 0. The van der Waals surface area contributed by atoms with Gasteiger partial charge in [-0.05, 0) is 25.6 Å². The van der Waals surface area contributed by atoms with Crippen LogP contribution in [0, 0.1) is 0 Å². The van der Waals surface area contributed by atoms with Crippen LogP contribution in [0.15, 0.2) is 30.1 Å². The molecule has 2 aromatic rings. The molecule has 16 heavy (non-hydrogen) atoms. The molecule has 84 valence electrons. The zero-order valence-electron chi connectivity index (χ0n) is 9.75. The van der Waals surface area contributed by atoms with E-state index < -0.39 is 0 Å². The van der Waals surface area contributed by atoms with Crippen molar-refractivity contribution >= 4 is 17.1 Å². The number of nitrogens with one attached hydrogen (secondary N) is 2. The summed E-state index contributed by atoms with van der Waals surface area (Å²) in [5, 5.41) is 4.49. The van der Waals surface area contributed by atoms with E-state index in [0.717, 1.165) is 18.7 Å². The van der Waals surface area contributed by atoms with Gasteiger partial charge < -0.3 is 10.3 Å². The second-order valence-electron chi connectivity index (χ2n) is 3.91. The average molecular weight is 215 g/mol. The molecule has 0 amide bonds. The maximum Gasteiger partial charge on any atom is 0.137 e. The lowest BCUT2D eigenvalue weighted by molar-refractivity contribution is 0.779. The molecule has 0 aliphatic heterocycles. The minimum Gasteiger partial charge on any atom is -0.346 e. The summed E-state index contributed by atoms with van der Waals surface area (Å²) in [7, 11) is 0. The zero-order valence-corrected chi connectivity index (χ0v) is 9.75. The highest BCUT2D eigenvalue weighted by atomic mass is 14.8. The lowest BCUT2D eigenvalue weighted by atomic mass is 10.1. The van der Waals surface area contributed by atoms with E-state index in [1.54, 1.807) is 6.20 Å². The van der Waals surface area contributed by atoms with Crippen molar-refractivity contribution in [1.82, 2.24) is 15.3 Å². The Hall–Kier alpha value is -1.61. The second kappa shape index (κ2) is 4.94. The summed E-state index contributed by atoms with van der Waals surface area (Å²) in [4.78, 5) is 7.44. The SMILES string of the molecule is CCNCC(C)=Cc1c[nH]c2ncccc12. The van der Waals surface area contributed by atoms with Crippen molar-refractivity contribution in [1.29, 1.82) is 0 Å². The van der Waals surface area contributed by atoms with Gasteiger partial charge in [-0.15, -0.1) is 0 Å². The number of rotatable bonds is 4. The van der Waals surface area contributed by atoms with Crippen molar-refractivity contribution in [3.63, 3.8) is 0 Å². The van der Waals surface area contributed by atoms with Gasteiger partial charge in [0.1, 0.15) is 5.65 Å². The number of likely N-dealkylation sites (N-methyl/N-ethyl adjacent to an activating group) is 1. The first-order valence-corrected chi connectivity index (χ1v) is 5.61. The van der Waals surface area contributed by atoms with E-state index in [4.69, 9.17) is 0 Å². The molecule has 2 aromatic heterocycles. The third-order valence-corrected chi connectivity index (χ3v) is 2.54. The van der Waals surface area contributed by atoms with Crippen LogP contribution >= 0.6 is 0 Å². The molecule has 0 bridgehead atoms. The minimum absolute atomic E-state index is 0.934. The number of fused-ring (bicyclic) bond motifs is 1. The number of pyridine rings is 1. The summed E-state index contributed by atoms with van der Waals surface area (Å²) in [5.41, 5.74) is 3.48. The number of H-pyrrole nitrogens is 1. The fourth-order valence-electron chi connectivity index (χ4n) is 1.74. The van der Waals surface area contributed by atoms with Crippen LogP contribution in [0.4, 0.5) is 0 Å². The van der Waals surface area contributed by atoms with Gasteiger partial charge in [-0.3, -0.25) is 0 Å². The molecule has 0 saturated carbocycles. The van der Waals surface area contributed by atoms with Crippen molar-refractivity contribution in [2.45, 2.75) is 13.8 Å². The predicted molar refractivity (Wildman–Crippen MR) is 68.3 cm³/mol. The van der Waals surface area contributed by atoms with Crippen molar-refractivity contribution in [3.8, 4) is 0 Å². The van der Waals surface area contributed by atoms with Gasteiger partial charge in [0.25, 0.3) is 0 Å². The first-order valence-electron chi connectivity index (χ1n) is 5.61. The average Bonchev–Trinajstić information content (AvgIpc) is 2.70. The van der Waals surface area contributed by atoms with E-state index in [-0.39, 0.29) is 0 Å². The van der Waals surface area contributed by atoms with Crippen LogP contribution in [-0.4, -0.2) is 23.1 Å². The molecule has 2 N–H and O–H groups in total. The summed E-state index contributed by atoms with van der Waals surface area (Å²) >= 11 is 0. The van der Waals surface area contributed by atoms with Crippen LogP contribution in [0.2, 0.25) is 0 Å². The maximum atomic E-state index is 4.27. The molecule has 2 rings (SSSR count). The maximum absolute atomic E-state index is 4.27. The number of aromatic amines is 1. The monoisotopic (exact) mass is 215 g/mol. The molecule has 0 spiro atoms. The topological polar surface area (TPSA) is 40.7 Å². The quantitative estimate of drug-likeness (QED) is 0.823. The third-order valence-electron chi connectivity index (χ3n) is 2.54. The first-order chi connectivity index (χ1) is 7.81. The number of nitrogens with zero attached hydrogens (tertiary/aromatic N) is 1. The Kier molecular flexibility index (Phi) is 3.37. The highest BCUT2D eigenvalue weighted by Gasteiger charge is 2.01. The van der Waals surface area contributed by atoms with Crippen LogP contribution in [0.1, 0.15) is 19.4 Å². The largest absolute Gasteiger partial charge is 0.346 e. The van der Waals surface area contributed by atoms with E-state index in [2.05, 4.69) is 41.3 Å². The van der Waals surface area contributed by atoms with Crippen LogP contribution in [0.3, 0.4) is 0 Å². The Morgan fingerprint density at radius 1 is 1.56 bits per heavy atom. The van der Waals surface area contributed by atoms with Crippen LogP contribution in [0.5, 0.6) is 0 Å². The molecule has 3 nitrogen and oxygen atoms in total. The molecule has 0 aliphatic carbocycles. The Morgan fingerprint density at radius 2 is 2.44 bits per heavy atom. The van der Waals surface area contributed by atoms with E-state index >= 15 is 0 Å². The summed E-state index contributed by atoms with van der Waals surface area (Å²) in [6, 6.07) is 4.05. The van der Waals surface area contributed by atoms with Gasteiger partial charge >= 0.3 is 0 Å². The normalized spacial score (nSPS) is 12.2. The molecular weight excluding hydrogens is 198 g/mol. The smallest absolute Gasteiger partial charge is 0.137 e. The molecule has 0 unspecified atom stereocenters. The fraction of sp³-hybridized carbons (Fsp3) is 0.308. The summed E-state index contributed by atoms with van der Waals surface area (Å²) in [6.45, 7) is 6.19. The van der Waals surface area contributed by atoms with Gasteiger partial charge in [-0.1, -0.05) is 18.6 Å². The third kappa shape index (κ3) is 2.31. The molecule has 0 aromatic carbocycles. The van der Waals surface area contributed by atoms with E-state index in [1.165, 1.54) is 16.5 Å². The molecule has 0 radical (unpaired) electrons. The van der Waals surface area contributed by atoms with E-state index in [0.29, 0.717) is 0 Å². The summed E-state index contributed by atoms with van der Waals surface area (Å²) in [5.74, 6) is 0. The van der Waals surface area contributed by atoms with Crippen LogP contribution < -0.4 is 5.32 Å². The molecular formula is C13H17N3. The lowest BCUT2D eigenvalue weighted by Gasteiger charge is -2.01. The van der Waals surface area contributed by atoms with Gasteiger partial charge in [0, 0.05) is 29.9 Å². The Labute approximate surface area is 95.6 Å². The van der Waals surface area contributed by atoms with Crippen molar-refractivity contribution in [3.05, 3.63) is 35.7 Å². The molecule has 0 atom stereocenters. The minimum atomic E-state index is 0.934. The number of aromatic nitrogens is 2. The Balaban J connectivity index is 2.27. The van der Waals surface area contributed by atoms with E-state index in [9.17, 15) is 0 Å². The lowest BCUT2D eigenvalue weighted by Crippen LogP contribution is -2.14. The molecule has 0 aliphatic rings. The number of hydrogen-bond donors (Lipinski definition) is 2. The van der Waals surface area contributed by atoms with Crippen molar-refractivity contribution < 1.29 is 0 Å². The van der Waals surface area contributed by atoms with Crippen LogP contribution in [-0.2, 0) is 0 Å². The van der Waals surface area contributed by atoms with Gasteiger partial charge in [0.05, 0.1) is 0 Å². The van der Waals surface area contributed by atoms with Gasteiger partial charge in [-0.25, -0.2) is 4.98 Å². The highest BCUT2D eigenvalue weighted by Crippen LogP contribution is 2.18. The summed E-state index contributed by atoms with van der Waals surface area (Å²) in [6.07, 6.45) is 6.01. The van der Waals surface area contributed by atoms with Crippen molar-refractivity contribution in [2.24, 2.45) is 0 Å². The molecule has 2 heterocycles. The van der Waals surface area contributed by atoms with Gasteiger partial charge in [0.2, 0.25) is 0 Å². The predicted octanol–water partition coefficient (Wildman–Crippen LogP) is 2.58. The Bertz CT molecular complexity index is 497. The molecule has 3 heteroatoms. The second-order valence-corrected chi connectivity index (χ2v) is 3.91. The van der Waals surface area contributed by atoms with Gasteiger partial charge in [-0.2, -0.15) is 0 Å². The van der Waals surface area contributed by atoms with Crippen LogP contribution in [0.25, 0.3) is 17.1 Å². The molecule has 0 fully saturated rings. The fourth-order valence-corrected chi connectivity index (χ4v) is 1.74. The van der Waals surface area contributed by atoms with E-state index in [1.807, 2.05) is 12.3 Å². The zero-order chi connectivity index (χ0) is 11.4. The number of hydrogen-bond acceptors (Lipinski definition) is 2. The first kappa shape index (κ1) is 10.9. The molecule has 0 saturated heterocycles. The standard InChI is InChI=1S/C13H17N3/c1-3-14-8-10(2)7-11-9-16-13-12(11)5-4-6-15-13/h4-7,9,14H,3,8H2,1-2H3,(H,15,16). The van der Waals surface area contributed by atoms with Gasteiger partial charge in [0.15, 0.2) is 0 Å².